The first-order valence-corrected chi connectivity index (χ1v) is 9.25. The van der Waals surface area contributed by atoms with Gasteiger partial charge in [0.15, 0.2) is 5.69 Å². The number of amides is 2. The first kappa shape index (κ1) is 18.4. The van der Waals surface area contributed by atoms with E-state index >= 15 is 0 Å². The highest BCUT2D eigenvalue weighted by molar-refractivity contribution is 9.10. The van der Waals surface area contributed by atoms with Gasteiger partial charge in [-0.2, -0.15) is 5.10 Å². The number of aromatic nitrogens is 2. The fourth-order valence-corrected chi connectivity index (χ4v) is 3.76. The molecule has 3 rings (SSSR count). The summed E-state index contributed by atoms with van der Waals surface area (Å²) in [7, 11) is 1.56. The molecular weight excluding hydrogens is 400 g/mol. The molecule has 1 aliphatic rings. The molecule has 7 nitrogen and oxygen atoms in total. The lowest BCUT2D eigenvalue weighted by Gasteiger charge is -2.20. The first-order chi connectivity index (χ1) is 12.4. The van der Waals surface area contributed by atoms with Gasteiger partial charge in [0.05, 0.1) is 23.0 Å². The lowest BCUT2D eigenvalue weighted by atomic mass is 10.1. The van der Waals surface area contributed by atoms with Crippen LogP contribution in [0.2, 0.25) is 0 Å². The maximum atomic E-state index is 12.6. The lowest BCUT2D eigenvalue weighted by Crippen LogP contribution is -2.24. The molecule has 0 unspecified atom stereocenters. The number of H-pyrrole nitrogens is 1. The average molecular weight is 421 g/mol. The summed E-state index contributed by atoms with van der Waals surface area (Å²) in [5.74, 6) is 0.542. The van der Waals surface area contributed by atoms with Gasteiger partial charge in [-0.25, -0.2) is 0 Å². The Hall–Kier alpha value is -2.35. The highest BCUT2D eigenvalue weighted by Crippen LogP contribution is 2.34. The maximum Gasteiger partial charge on any atom is 0.277 e. The number of nitrogens with zero attached hydrogens (tertiary/aromatic N) is 2. The van der Waals surface area contributed by atoms with Crippen LogP contribution in [0.25, 0.3) is 0 Å². The van der Waals surface area contributed by atoms with Gasteiger partial charge in [-0.15, -0.1) is 0 Å². The van der Waals surface area contributed by atoms with Crippen molar-refractivity contribution in [1.29, 1.82) is 0 Å². The van der Waals surface area contributed by atoms with Crippen molar-refractivity contribution in [2.75, 3.05) is 23.9 Å². The molecule has 2 heterocycles. The predicted molar refractivity (Wildman–Crippen MR) is 103 cm³/mol. The summed E-state index contributed by atoms with van der Waals surface area (Å²) in [6.45, 7) is 4.68. The molecule has 0 atom stereocenters. The van der Waals surface area contributed by atoms with Crippen LogP contribution in [-0.4, -0.2) is 35.7 Å². The Balaban J connectivity index is 1.86. The number of ether oxygens (including phenoxy) is 1. The zero-order valence-electron chi connectivity index (χ0n) is 14.9. The van der Waals surface area contributed by atoms with Gasteiger partial charge in [0.2, 0.25) is 5.91 Å². The van der Waals surface area contributed by atoms with E-state index in [0.29, 0.717) is 40.3 Å². The molecule has 1 aromatic carbocycles. The van der Waals surface area contributed by atoms with Gasteiger partial charge in [-0.1, -0.05) is 13.8 Å². The van der Waals surface area contributed by atoms with E-state index in [-0.39, 0.29) is 17.7 Å². The summed E-state index contributed by atoms with van der Waals surface area (Å²) >= 11 is 3.44. The number of anilines is 2. The van der Waals surface area contributed by atoms with Crippen molar-refractivity contribution < 1.29 is 14.3 Å². The van der Waals surface area contributed by atoms with E-state index in [2.05, 4.69) is 31.4 Å². The van der Waals surface area contributed by atoms with E-state index in [9.17, 15) is 9.59 Å². The number of methoxy groups -OCH3 is 1. The number of nitrogens with one attached hydrogen (secondary N) is 2. The maximum absolute atomic E-state index is 12.6. The van der Waals surface area contributed by atoms with Crippen LogP contribution < -0.4 is 15.0 Å². The van der Waals surface area contributed by atoms with Crippen LogP contribution in [0.1, 0.15) is 48.8 Å². The van der Waals surface area contributed by atoms with Crippen LogP contribution in [0.15, 0.2) is 22.7 Å². The first-order valence-electron chi connectivity index (χ1n) is 8.46. The Morgan fingerprint density at radius 3 is 2.77 bits per heavy atom. The predicted octanol–water partition coefficient (Wildman–Crippen LogP) is 3.68. The minimum atomic E-state index is -0.330. The van der Waals surface area contributed by atoms with E-state index in [0.717, 1.165) is 12.1 Å². The van der Waals surface area contributed by atoms with Gasteiger partial charge >= 0.3 is 0 Å². The minimum Gasteiger partial charge on any atom is -0.495 e. The largest absolute Gasteiger partial charge is 0.495 e. The van der Waals surface area contributed by atoms with Crippen molar-refractivity contribution in [2.24, 2.45) is 0 Å². The smallest absolute Gasteiger partial charge is 0.277 e. The third-order valence-electron chi connectivity index (χ3n) is 4.33. The summed E-state index contributed by atoms with van der Waals surface area (Å²) in [5.41, 5.74) is 2.40. The highest BCUT2D eigenvalue weighted by Gasteiger charge is 2.25. The molecule has 0 saturated carbocycles. The molecule has 0 radical (unpaired) electrons. The monoisotopic (exact) mass is 420 g/mol. The molecule has 2 aromatic rings. The second-order valence-corrected chi connectivity index (χ2v) is 7.24. The summed E-state index contributed by atoms with van der Waals surface area (Å²) in [6.07, 6.45) is 1.34. The van der Waals surface area contributed by atoms with E-state index in [1.54, 1.807) is 30.2 Å². The molecule has 0 bridgehead atoms. The van der Waals surface area contributed by atoms with Crippen LogP contribution >= 0.6 is 15.9 Å². The molecule has 1 aliphatic heterocycles. The molecule has 138 valence electrons. The zero-order valence-corrected chi connectivity index (χ0v) is 16.5. The van der Waals surface area contributed by atoms with Crippen molar-refractivity contribution in [1.82, 2.24) is 10.2 Å². The third-order valence-corrected chi connectivity index (χ3v) is 5.13. The van der Waals surface area contributed by atoms with Crippen molar-refractivity contribution in [3.8, 4) is 5.75 Å². The second-order valence-electron chi connectivity index (χ2n) is 6.44. The number of halogens is 1. The molecule has 1 fully saturated rings. The Bertz CT molecular complexity index is 847. The molecular formula is C18H21BrN4O3. The fraction of sp³-hybridized carbons (Fsp3) is 0.389. The average Bonchev–Trinajstić information content (AvgIpc) is 3.20. The molecule has 8 heteroatoms. The van der Waals surface area contributed by atoms with E-state index in [1.165, 1.54) is 0 Å². The molecule has 2 amide bonds. The highest BCUT2D eigenvalue weighted by atomic mass is 79.9. The summed E-state index contributed by atoms with van der Waals surface area (Å²) in [4.78, 5) is 26.3. The van der Waals surface area contributed by atoms with Gasteiger partial charge < -0.3 is 15.0 Å². The third kappa shape index (κ3) is 3.46. The van der Waals surface area contributed by atoms with E-state index in [1.807, 2.05) is 13.8 Å². The summed E-state index contributed by atoms with van der Waals surface area (Å²) in [6, 6.07) is 5.24. The molecule has 0 aliphatic carbocycles. The Labute approximate surface area is 160 Å². The lowest BCUT2D eigenvalue weighted by molar-refractivity contribution is -0.117. The van der Waals surface area contributed by atoms with Crippen molar-refractivity contribution >= 4 is 39.1 Å². The van der Waals surface area contributed by atoms with Gasteiger partial charge in [-0.3, -0.25) is 14.7 Å². The second kappa shape index (κ2) is 7.49. The number of carbonyl (C=O) groups excluding carboxylic acids is 2. The van der Waals surface area contributed by atoms with Crippen molar-refractivity contribution in [3.05, 3.63) is 34.1 Å². The topological polar surface area (TPSA) is 87.3 Å². The standard InChI is InChI=1S/C18H21BrN4O3/c1-10(2)16-15(19)17(22-21-16)18(25)20-11-6-7-13(26-3)12(9-11)23-8-4-5-14(23)24/h6-7,9-10H,4-5,8H2,1-3H3,(H,20,25)(H,21,22). The van der Waals surface area contributed by atoms with Crippen molar-refractivity contribution in [2.45, 2.75) is 32.6 Å². The minimum absolute atomic E-state index is 0.0587. The van der Waals surface area contributed by atoms with Gasteiger partial charge in [0.1, 0.15) is 5.75 Å². The Morgan fingerprint density at radius 2 is 2.19 bits per heavy atom. The van der Waals surface area contributed by atoms with E-state index < -0.39 is 0 Å². The Kier molecular flexibility index (Phi) is 5.31. The SMILES string of the molecule is COc1ccc(NC(=O)c2n[nH]c(C(C)C)c2Br)cc1N1CCCC1=O. The normalized spacial score (nSPS) is 14.2. The van der Waals surface area contributed by atoms with Gasteiger partial charge in [0, 0.05) is 18.7 Å². The summed E-state index contributed by atoms with van der Waals surface area (Å²) in [5, 5.41) is 9.83. The van der Waals surface area contributed by atoms with Crippen LogP contribution in [0.3, 0.4) is 0 Å². The molecule has 0 spiro atoms. The molecule has 1 saturated heterocycles. The zero-order chi connectivity index (χ0) is 18.8. The fourth-order valence-electron chi connectivity index (χ4n) is 2.95. The number of rotatable bonds is 5. The number of aromatic amines is 1. The summed E-state index contributed by atoms with van der Waals surface area (Å²) < 4.78 is 6.03. The molecule has 26 heavy (non-hydrogen) atoms. The van der Waals surface area contributed by atoms with Crippen LogP contribution in [0.4, 0.5) is 11.4 Å². The van der Waals surface area contributed by atoms with Gasteiger partial charge in [-0.05, 0) is 46.5 Å². The quantitative estimate of drug-likeness (QED) is 0.771. The van der Waals surface area contributed by atoms with Crippen LogP contribution in [-0.2, 0) is 4.79 Å². The van der Waals surface area contributed by atoms with Crippen LogP contribution in [0, 0.1) is 0 Å². The van der Waals surface area contributed by atoms with E-state index in [4.69, 9.17) is 4.74 Å². The van der Waals surface area contributed by atoms with Gasteiger partial charge in [0.25, 0.3) is 5.91 Å². The Morgan fingerprint density at radius 1 is 1.42 bits per heavy atom. The number of carbonyl (C=O) groups is 2. The van der Waals surface area contributed by atoms with Crippen LogP contribution in [0.5, 0.6) is 5.75 Å². The number of benzene rings is 1. The molecule has 2 N–H and O–H groups in total. The number of hydrogen-bond acceptors (Lipinski definition) is 4. The molecule has 1 aromatic heterocycles. The van der Waals surface area contributed by atoms with Crippen molar-refractivity contribution in [3.63, 3.8) is 0 Å². The number of hydrogen-bond donors (Lipinski definition) is 2.